The van der Waals surface area contributed by atoms with Gasteiger partial charge in [0.05, 0.1) is 0 Å². The van der Waals surface area contributed by atoms with Crippen LogP contribution in [0, 0.1) is 5.82 Å². The maximum absolute atomic E-state index is 13.2. The summed E-state index contributed by atoms with van der Waals surface area (Å²) in [6, 6.07) is 5.72. The van der Waals surface area contributed by atoms with Crippen LogP contribution in [0.5, 0.6) is 0 Å². The number of carbonyl (C=O) groups excluding carboxylic acids is 3. The SMILES string of the molecule is CC1(c2ccc(F)cc2)NC(=O)N(CC(=O)NC2CC3CCC(C2)N3)C1=O. The highest BCUT2D eigenvalue weighted by Gasteiger charge is 2.49. The largest absolute Gasteiger partial charge is 0.352 e. The van der Waals surface area contributed by atoms with E-state index in [4.69, 9.17) is 0 Å². The molecule has 3 aliphatic rings. The standard InChI is InChI=1S/C19H23FN4O3/c1-19(11-2-4-12(20)5-3-11)17(26)24(18(27)23-19)10-16(25)22-15-8-13-6-7-14(9-15)21-13/h2-5,13-15,21H,6-10H2,1H3,(H,22,25)(H,23,27). The molecule has 3 heterocycles. The number of hydrogen-bond donors (Lipinski definition) is 3. The van der Waals surface area contributed by atoms with Gasteiger partial charge in [0.2, 0.25) is 5.91 Å². The van der Waals surface area contributed by atoms with Gasteiger partial charge >= 0.3 is 6.03 Å². The Balaban J connectivity index is 1.41. The third-order valence-electron chi connectivity index (χ3n) is 5.84. The van der Waals surface area contributed by atoms with Gasteiger partial charge in [0.15, 0.2) is 0 Å². The molecule has 0 radical (unpaired) electrons. The lowest BCUT2D eigenvalue weighted by Gasteiger charge is -2.30. The van der Waals surface area contributed by atoms with E-state index in [1.54, 1.807) is 6.92 Å². The van der Waals surface area contributed by atoms with E-state index < -0.39 is 23.3 Å². The summed E-state index contributed by atoms with van der Waals surface area (Å²) < 4.78 is 13.2. The summed E-state index contributed by atoms with van der Waals surface area (Å²) in [4.78, 5) is 38.5. The second-order valence-corrected chi connectivity index (χ2v) is 7.83. The van der Waals surface area contributed by atoms with Crippen LogP contribution in [0.4, 0.5) is 9.18 Å². The van der Waals surface area contributed by atoms with Crippen molar-refractivity contribution in [3.05, 3.63) is 35.6 Å². The van der Waals surface area contributed by atoms with E-state index in [0.29, 0.717) is 17.6 Å². The minimum atomic E-state index is -1.31. The molecule has 2 bridgehead atoms. The van der Waals surface area contributed by atoms with Gasteiger partial charge in [-0.05, 0) is 50.3 Å². The maximum atomic E-state index is 13.2. The number of imide groups is 1. The van der Waals surface area contributed by atoms with Gasteiger partial charge in [-0.1, -0.05) is 12.1 Å². The molecule has 3 saturated heterocycles. The van der Waals surface area contributed by atoms with Crippen LogP contribution in [0.2, 0.25) is 0 Å². The third-order valence-corrected chi connectivity index (χ3v) is 5.84. The smallest absolute Gasteiger partial charge is 0.325 e. The molecule has 7 nitrogen and oxygen atoms in total. The van der Waals surface area contributed by atoms with Crippen molar-refractivity contribution in [1.29, 1.82) is 0 Å². The summed E-state index contributed by atoms with van der Waals surface area (Å²) in [5, 5.41) is 9.09. The molecular weight excluding hydrogens is 351 g/mol. The van der Waals surface area contributed by atoms with E-state index in [1.807, 2.05) is 0 Å². The summed E-state index contributed by atoms with van der Waals surface area (Å²) in [6.07, 6.45) is 3.99. The molecular formula is C19H23FN4O3. The first-order valence-electron chi connectivity index (χ1n) is 9.31. The molecule has 27 heavy (non-hydrogen) atoms. The fraction of sp³-hybridized carbons (Fsp3) is 0.526. The summed E-state index contributed by atoms with van der Waals surface area (Å²) in [6.45, 7) is 1.24. The number of piperidine rings is 1. The van der Waals surface area contributed by atoms with Crippen molar-refractivity contribution in [2.75, 3.05) is 6.54 Å². The first-order chi connectivity index (χ1) is 12.8. The number of nitrogens with one attached hydrogen (secondary N) is 3. The van der Waals surface area contributed by atoms with Crippen LogP contribution in [-0.4, -0.2) is 47.4 Å². The third kappa shape index (κ3) is 3.29. The van der Waals surface area contributed by atoms with Crippen molar-refractivity contribution < 1.29 is 18.8 Å². The van der Waals surface area contributed by atoms with E-state index >= 15 is 0 Å². The molecule has 4 rings (SSSR count). The van der Waals surface area contributed by atoms with Crippen LogP contribution < -0.4 is 16.0 Å². The van der Waals surface area contributed by atoms with Gasteiger partial charge in [0.1, 0.15) is 17.9 Å². The number of rotatable bonds is 4. The Labute approximate surface area is 156 Å². The normalized spacial score (nSPS) is 32.5. The minimum absolute atomic E-state index is 0.0699. The molecule has 0 spiro atoms. The van der Waals surface area contributed by atoms with Gasteiger partial charge in [0, 0.05) is 18.1 Å². The predicted molar refractivity (Wildman–Crippen MR) is 95.1 cm³/mol. The molecule has 3 atom stereocenters. The molecule has 0 aromatic heterocycles. The van der Waals surface area contributed by atoms with E-state index in [-0.39, 0.29) is 18.5 Å². The highest BCUT2D eigenvalue weighted by Crippen LogP contribution is 2.29. The lowest BCUT2D eigenvalue weighted by molar-refractivity contribution is -0.135. The average molecular weight is 374 g/mol. The average Bonchev–Trinajstić information content (AvgIpc) is 3.07. The maximum Gasteiger partial charge on any atom is 0.325 e. The molecule has 8 heteroatoms. The number of nitrogens with zero attached hydrogens (tertiary/aromatic N) is 1. The fourth-order valence-corrected chi connectivity index (χ4v) is 4.41. The van der Waals surface area contributed by atoms with Crippen LogP contribution in [-0.2, 0) is 15.1 Å². The molecule has 0 saturated carbocycles. The van der Waals surface area contributed by atoms with Crippen LogP contribution in [0.3, 0.4) is 0 Å². The van der Waals surface area contributed by atoms with Gasteiger partial charge in [-0.2, -0.15) is 0 Å². The monoisotopic (exact) mass is 374 g/mol. The zero-order chi connectivity index (χ0) is 19.2. The van der Waals surface area contributed by atoms with Gasteiger partial charge < -0.3 is 16.0 Å². The van der Waals surface area contributed by atoms with E-state index in [0.717, 1.165) is 30.6 Å². The zero-order valence-electron chi connectivity index (χ0n) is 15.1. The van der Waals surface area contributed by atoms with E-state index in [1.165, 1.54) is 24.3 Å². The Bertz CT molecular complexity index is 772. The molecule has 144 valence electrons. The van der Waals surface area contributed by atoms with Gasteiger partial charge in [0.25, 0.3) is 5.91 Å². The van der Waals surface area contributed by atoms with Crippen molar-refractivity contribution in [2.24, 2.45) is 0 Å². The number of hydrogen-bond acceptors (Lipinski definition) is 4. The molecule has 3 fully saturated rings. The first kappa shape index (κ1) is 17.9. The number of amides is 4. The molecule has 3 aliphatic heterocycles. The van der Waals surface area contributed by atoms with Crippen LogP contribution in [0.15, 0.2) is 24.3 Å². The van der Waals surface area contributed by atoms with Gasteiger partial charge in [-0.25, -0.2) is 9.18 Å². The lowest BCUT2D eigenvalue weighted by atomic mass is 9.92. The second-order valence-electron chi connectivity index (χ2n) is 7.83. The predicted octanol–water partition coefficient (Wildman–Crippen LogP) is 0.992. The Hall–Kier alpha value is -2.48. The molecule has 3 N–H and O–H groups in total. The number of benzene rings is 1. The first-order valence-corrected chi connectivity index (χ1v) is 9.31. The number of urea groups is 1. The Morgan fingerprint density at radius 2 is 1.85 bits per heavy atom. The van der Waals surface area contributed by atoms with Gasteiger partial charge in [-0.3, -0.25) is 14.5 Å². The Kier molecular flexibility index (Phi) is 4.38. The van der Waals surface area contributed by atoms with Crippen LogP contribution in [0.25, 0.3) is 0 Å². The van der Waals surface area contributed by atoms with Gasteiger partial charge in [-0.15, -0.1) is 0 Å². The van der Waals surface area contributed by atoms with Crippen molar-refractivity contribution in [2.45, 2.75) is 56.3 Å². The molecule has 0 aliphatic carbocycles. The van der Waals surface area contributed by atoms with Crippen LogP contribution in [0.1, 0.15) is 38.2 Å². The second kappa shape index (κ2) is 6.60. The van der Waals surface area contributed by atoms with Crippen molar-refractivity contribution in [3.63, 3.8) is 0 Å². The van der Waals surface area contributed by atoms with E-state index in [9.17, 15) is 18.8 Å². The number of fused-ring (bicyclic) bond motifs is 2. The zero-order valence-corrected chi connectivity index (χ0v) is 15.1. The molecule has 1 aromatic rings. The fourth-order valence-electron chi connectivity index (χ4n) is 4.41. The minimum Gasteiger partial charge on any atom is -0.352 e. The molecule has 1 aromatic carbocycles. The van der Waals surface area contributed by atoms with Crippen molar-refractivity contribution >= 4 is 17.8 Å². The molecule has 4 amide bonds. The summed E-state index contributed by atoms with van der Waals surface area (Å²) in [7, 11) is 0. The van der Waals surface area contributed by atoms with E-state index in [2.05, 4.69) is 16.0 Å². The summed E-state index contributed by atoms with van der Waals surface area (Å²) in [5.41, 5.74) is -0.834. The van der Waals surface area contributed by atoms with Crippen LogP contribution >= 0.6 is 0 Å². The highest BCUT2D eigenvalue weighted by atomic mass is 19.1. The quantitative estimate of drug-likeness (QED) is 0.686. The molecule has 3 unspecified atom stereocenters. The number of halogens is 1. The summed E-state index contributed by atoms with van der Waals surface area (Å²) >= 11 is 0. The number of carbonyl (C=O) groups is 3. The summed E-state index contributed by atoms with van der Waals surface area (Å²) in [5.74, 6) is -1.28. The van der Waals surface area contributed by atoms with Crippen molar-refractivity contribution in [1.82, 2.24) is 20.9 Å². The topological polar surface area (TPSA) is 90.5 Å². The highest BCUT2D eigenvalue weighted by molar-refractivity contribution is 6.09. The lowest BCUT2D eigenvalue weighted by Crippen LogP contribution is -2.50. The Morgan fingerprint density at radius 3 is 2.48 bits per heavy atom. The Morgan fingerprint density at radius 1 is 1.22 bits per heavy atom. The van der Waals surface area contributed by atoms with Crippen molar-refractivity contribution in [3.8, 4) is 0 Å².